The number of rotatable bonds is 7. The molecule has 1 N–H and O–H groups in total. The van der Waals surface area contributed by atoms with Crippen molar-refractivity contribution in [2.24, 2.45) is 11.3 Å². The number of nitrogens with zero attached hydrogens (tertiary/aromatic N) is 1. The molecule has 4 rings (SSSR count). The largest absolute Gasteiger partial charge is 0.465 e. The van der Waals surface area contributed by atoms with Crippen LogP contribution < -0.4 is 5.32 Å². The molecule has 1 saturated carbocycles. The van der Waals surface area contributed by atoms with Crippen molar-refractivity contribution in [1.29, 1.82) is 0 Å². The van der Waals surface area contributed by atoms with Crippen molar-refractivity contribution in [2.45, 2.75) is 31.9 Å². The molecule has 1 aliphatic carbocycles. The van der Waals surface area contributed by atoms with E-state index in [4.69, 9.17) is 27.9 Å². The number of hydrogen-bond acceptors (Lipinski definition) is 5. The molecule has 0 spiro atoms. The fourth-order valence-electron chi connectivity index (χ4n) is 5.38. The van der Waals surface area contributed by atoms with Crippen molar-refractivity contribution in [3.63, 3.8) is 0 Å². The number of carbonyl (C=O) groups is 2. The Labute approximate surface area is 215 Å². The Morgan fingerprint density at radius 2 is 1.89 bits per heavy atom. The van der Waals surface area contributed by atoms with Crippen molar-refractivity contribution in [2.75, 3.05) is 26.7 Å². The van der Waals surface area contributed by atoms with Gasteiger partial charge in [-0.15, -0.1) is 0 Å². The third kappa shape index (κ3) is 5.50. The molecule has 7 nitrogen and oxygen atoms in total. The number of sulfonamides is 1. The summed E-state index contributed by atoms with van der Waals surface area (Å²) in [5.41, 5.74) is 1.78. The predicted octanol–water partition coefficient (Wildman–Crippen LogP) is 4.45. The summed E-state index contributed by atoms with van der Waals surface area (Å²) in [4.78, 5) is 24.7. The van der Waals surface area contributed by atoms with Crippen molar-refractivity contribution >= 4 is 45.1 Å². The molecule has 0 radical (unpaired) electrons. The van der Waals surface area contributed by atoms with E-state index >= 15 is 0 Å². The van der Waals surface area contributed by atoms with Crippen LogP contribution in [-0.4, -0.2) is 51.3 Å². The molecule has 1 heterocycles. The predicted molar refractivity (Wildman–Crippen MR) is 135 cm³/mol. The number of aryl methyl sites for hydroxylation is 1. The van der Waals surface area contributed by atoms with E-state index in [0.717, 1.165) is 19.3 Å². The molecule has 1 aliphatic heterocycles. The molecule has 1 saturated heterocycles. The number of fused-ring (bicyclic) bond motifs is 1. The third-order valence-corrected chi connectivity index (χ3v) is 9.37. The molecule has 1 amide bonds. The van der Waals surface area contributed by atoms with Crippen LogP contribution in [0, 0.1) is 18.3 Å². The summed E-state index contributed by atoms with van der Waals surface area (Å²) >= 11 is 12.1. The molecule has 2 aromatic rings. The van der Waals surface area contributed by atoms with Crippen LogP contribution in [0.5, 0.6) is 0 Å². The summed E-state index contributed by atoms with van der Waals surface area (Å²) in [5.74, 6) is -0.689. The molecule has 0 aromatic heterocycles. The number of halogens is 2. The normalized spacial score (nSPS) is 22.1. The Morgan fingerprint density at radius 1 is 1.17 bits per heavy atom. The summed E-state index contributed by atoms with van der Waals surface area (Å²) in [5, 5.41) is 3.83. The van der Waals surface area contributed by atoms with Crippen LogP contribution in [0.25, 0.3) is 0 Å². The smallest absolute Gasteiger partial charge is 0.337 e. The zero-order valence-electron chi connectivity index (χ0n) is 19.6. The maximum Gasteiger partial charge on any atom is 0.337 e. The molecule has 2 aliphatic rings. The Kier molecular flexibility index (Phi) is 7.48. The molecular weight excluding hydrogens is 511 g/mol. The molecule has 188 valence electrons. The van der Waals surface area contributed by atoms with Crippen LogP contribution in [0.15, 0.2) is 36.4 Å². The van der Waals surface area contributed by atoms with Gasteiger partial charge in [-0.3, -0.25) is 4.79 Å². The van der Waals surface area contributed by atoms with Crippen molar-refractivity contribution < 1.29 is 22.7 Å². The van der Waals surface area contributed by atoms with E-state index < -0.39 is 16.0 Å². The van der Waals surface area contributed by atoms with Gasteiger partial charge in [0.05, 0.1) is 18.4 Å². The Balaban J connectivity index is 1.45. The average molecular weight is 539 g/mol. The maximum atomic E-state index is 13.2. The Morgan fingerprint density at radius 3 is 2.54 bits per heavy atom. The molecule has 10 heteroatoms. The lowest BCUT2D eigenvalue weighted by Gasteiger charge is -2.29. The van der Waals surface area contributed by atoms with E-state index in [1.807, 2.05) is 0 Å². The summed E-state index contributed by atoms with van der Waals surface area (Å²) in [6.45, 7) is 2.97. The van der Waals surface area contributed by atoms with E-state index in [1.165, 1.54) is 7.11 Å². The van der Waals surface area contributed by atoms with Gasteiger partial charge in [0.2, 0.25) is 10.0 Å². The van der Waals surface area contributed by atoms with Gasteiger partial charge in [-0.05, 0) is 73.2 Å². The van der Waals surface area contributed by atoms with Gasteiger partial charge in [0.25, 0.3) is 5.91 Å². The lowest BCUT2D eigenvalue weighted by molar-refractivity contribution is 0.0600. The zero-order valence-corrected chi connectivity index (χ0v) is 22.0. The fraction of sp³-hybridized carbons (Fsp3) is 0.440. The number of hydrogen-bond donors (Lipinski definition) is 1. The number of ether oxygens (including phenoxy) is 1. The van der Waals surface area contributed by atoms with Gasteiger partial charge >= 0.3 is 5.97 Å². The molecule has 35 heavy (non-hydrogen) atoms. The molecule has 0 unspecified atom stereocenters. The van der Waals surface area contributed by atoms with Gasteiger partial charge in [-0.2, -0.15) is 0 Å². The minimum absolute atomic E-state index is 0.172. The SMILES string of the molecule is COC(=O)c1ccc(C(=O)NC[C@]23CCC[C@H]2CN(S(=O)(=O)Cc2cc(Cl)cc(Cl)c2)C3)c(C)c1. The van der Waals surface area contributed by atoms with Crippen LogP contribution in [0.3, 0.4) is 0 Å². The van der Waals surface area contributed by atoms with Gasteiger partial charge in [-0.25, -0.2) is 17.5 Å². The van der Waals surface area contributed by atoms with Gasteiger partial charge in [0.15, 0.2) is 0 Å². The highest BCUT2D eigenvalue weighted by molar-refractivity contribution is 7.88. The standard InChI is InChI=1S/C25H28Cl2N2O5S/c1-16-8-18(24(31)34-2)5-6-22(16)23(30)28-14-25-7-3-4-19(25)12-29(15-25)35(32,33)13-17-9-20(26)11-21(27)10-17/h5-6,8-11,19H,3-4,7,12-15H2,1-2H3,(H,28,30)/t19-,25-/m0/s1. The highest BCUT2D eigenvalue weighted by Gasteiger charge is 2.52. The molecule has 2 aromatic carbocycles. The topological polar surface area (TPSA) is 92.8 Å². The summed E-state index contributed by atoms with van der Waals surface area (Å²) in [6, 6.07) is 9.61. The quantitative estimate of drug-likeness (QED) is 0.525. The van der Waals surface area contributed by atoms with Crippen LogP contribution in [0.4, 0.5) is 0 Å². The number of esters is 1. The second-order valence-corrected chi connectivity index (χ2v) is 12.3. The molecule has 0 bridgehead atoms. The minimum Gasteiger partial charge on any atom is -0.465 e. The number of nitrogens with one attached hydrogen (secondary N) is 1. The van der Waals surface area contributed by atoms with Crippen molar-refractivity contribution in [3.8, 4) is 0 Å². The van der Waals surface area contributed by atoms with Crippen molar-refractivity contribution in [3.05, 3.63) is 68.7 Å². The summed E-state index contributed by atoms with van der Waals surface area (Å²) in [7, 11) is -2.27. The maximum absolute atomic E-state index is 13.2. The summed E-state index contributed by atoms with van der Waals surface area (Å²) < 4.78 is 32.7. The van der Waals surface area contributed by atoms with E-state index in [0.29, 0.717) is 51.9 Å². The first kappa shape index (κ1) is 25.9. The van der Waals surface area contributed by atoms with Crippen molar-refractivity contribution in [1.82, 2.24) is 9.62 Å². The highest BCUT2D eigenvalue weighted by atomic mass is 35.5. The monoisotopic (exact) mass is 538 g/mol. The highest BCUT2D eigenvalue weighted by Crippen LogP contribution is 2.49. The molecular formula is C25H28Cl2N2O5S. The second-order valence-electron chi connectivity index (χ2n) is 9.48. The second kappa shape index (κ2) is 10.1. The fourth-order valence-corrected chi connectivity index (χ4v) is 7.58. The van der Waals surface area contributed by atoms with Crippen LogP contribution in [0.2, 0.25) is 10.0 Å². The number of carbonyl (C=O) groups excluding carboxylic acids is 2. The van der Waals surface area contributed by atoms with Crippen LogP contribution in [0.1, 0.15) is 51.1 Å². The summed E-state index contributed by atoms with van der Waals surface area (Å²) in [6.07, 6.45) is 2.79. The van der Waals surface area contributed by atoms with E-state index in [9.17, 15) is 18.0 Å². The van der Waals surface area contributed by atoms with Gasteiger partial charge in [-0.1, -0.05) is 29.6 Å². The molecule has 2 atom stereocenters. The number of amides is 1. The first-order chi connectivity index (χ1) is 16.5. The Hall–Kier alpha value is -2.13. The van der Waals surface area contributed by atoms with Gasteiger partial charge in [0.1, 0.15) is 0 Å². The van der Waals surface area contributed by atoms with Gasteiger partial charge in [0, 0.05) is 40.7 Å². The third-order valence-electron chi connectivity index (χ3n) is 7.17. The number of methoxy groups -OCH3 is 1. The average Bonchev–Trinajstić information content (AvgIpc) is 3.34. The first-order valence-electron chi connectivity index (χ1n) is 11.4. The minimum atomic E-state index is -3.58. The first-order valence-corrected chi connectivity index (χ1v) is 13.8. The zero-order chi connectivity index (χ0) is 25.4. The van der Waals surface area contributed by atoms with Crippen LogP contribution in [-0.2, 0) is 20.5 Å². The van der Waals surface area contributed by atoms with Gasteiger partial charge < -0.3 is 10.1 Å². The number of benzene rings is 2. The lowest BCUT2D eigenvalue weighted by Crippen LogP contribution is -2.41. The van der Waals surface area contributed by atoms with E-state index in [-0.39, 0.29) is 23.0 Å². The lowest BCUT2D eigenvalue weighted by atomic mass is 9.80. The molecule has 2 fully saturated rings. The van der Waals surface area contributed by atoms with Crippen LogP contribution >= 0.6 is 23.2 Å². The van der Waals surface area contributed by atoms with E-state index in [1.54, 1.807) is 47.6 Å². The Bertz CT molecular complexity index is 1250. The van der Waals surface area contributed by atoms with E-state index in [2.05, 4.69) is 5.32 Å².